The summed E-state index contributed by atoms with van der Waals surface area (Å²) < 4.78 is 16.9. The van der Waals surface area contributed by atoms with Gasteiger partial charge < -0.3 is 29.8 Å². The predicted molar refractivity (Wildman–Crippen MR) is 104 cm³/mol. The number of aromatic nitrogens is 1. The molecule has 0 bridgehead atoms. The van der Waals surface area contributed by atoms with E-state index in [1.54, 1.807) is 0 Å². The molecule has 0 saturated carbocycles. The maximum Gasteiger partial charge on any atom is 0.404 e. The normalized spacial score (nSPS) is 19.6. The SMILES string of the molecule is COC1=C(C)C(=O)c2c(c(COC(N)=O)c3n2CC(NC(C)=O)C3OC(=O)CCl)C1=O. The van der Waals surface area contributed by atoms with Gasteiger partial charge in [0.05, 0.1) is 24.4 Å². The average Bonchev–Trinajstić information content (AvgIpc) is 3.19. The first-order chi connectivity index (χ1) is 14.6. The van der Waals surface area contributed by atoms with Crippen LogP contribution in [0.25, 0.3) is 0 Å². The van der Waals surface area contributed by atoms with E-state index in [-0.39, 0.29) is 40.4 Å². The van der Waals surface area contributed by atoms with Crippen molar-refractivity contribution in [3.63, 3.8) is 0 Å². The van der Waals surface area contributed by atoms with E-state index < -0.39 is 54.2 Å². The minimum absolute atomic E-state index is 0.0288. The minimum Gasteiger partial charge on any atom is -0.492 e. The molecule has 1 aliphatic carbocycles. The molecule has 0 radical (unpaired) electrons. The number of carbonyl (C=O) groups excluding carboxylic acids is 5. The maximum atomic E-state index is 13.1. The van der Waals surface area contributed by atoms with Crippen molar-refractivity contribution in [2.75, 3.05) is 13.0 Å². The number of methoxy groups -OCH3 is 1. The van der Waals surface area contributed by atoms with E-state index in [0.717, 1.165) is 0 Å². The van der Waals surface area contributed by atoms with Gasteiger partial charge >= 0.3 is 12.1 Å². The Kier molecular flexibility index (Phi) is 6.07. The Bertz CT molecular complexity index is 1040. The first kappa shape index (κ1) is 22.3. The van der Waals surface area contributed by atoms with E-state index in [2.05, 4.69) is 5.32 Å². The van der Waals surface area contributed by atoms with Gasteiger partial charge in [0.2, 0.25) is 17.5 Å². The molecular weight excluding hydrogens is 434 g/mol. The molecule has 1 aromatic rings. The fourth-order valence-electron chi connectivity index (χ4n) is 3.96. The Morgan fingerprint density at radius 2 is 1.94 bits per heavy atom. The number of nitrogens with one attached hydrogen (secondary N) is 1. The minimum atomic E-state index is -1.10. The number of fused-ring (bicyclic) bond motifs is 3. The van der Waals surface area contributed by atoms with Crippen molar-refractivity contribution in [2.45, 2.75) is 39.1 Å². The molecule has 2 unspecified atom stereocenters. The van der Waals surface area contributed by atoms with Crippen LogP contribution in [-0.2, 0) is 37.0 Å². The quantitative estimate of drug-likeness (QED) is 0.471. The zero-order chi connectivity index (χ0) is 23.0. The summed E-state index contributed by atoms with van der Waals surface area (Å²) in [4.78, 5) is 61.1. The smallest absolute Gasteiger partial charge is 0.404 e. The van der Waals surface area contributed by atoms with Crippen molar-refractivity contribution < 1.29 is 38.2 Å². The number of alkyl halides is 1. The molecule has 2 amide bonds. The number of allylic oxidation sites excluding steroid dienone is 2. The van der Waals surface area contributed by atoms with Gasteiger partial charge in [-0.1, -0.05) is 0 Å². The highest BCUT2D eigenvalue weighted by Gasteiger charge is 2.47. The lowest BCUT2D eigenvalue weighted by Gasteiger charge is -2.22. The Hall–Kier alpha value is -3.34. The van der Waals surface area contributed by atoms with Crippen LogP contribution in [0, 0.1) is 0 Å². The molecule has 12 heteroatoms. The van der Waals surface area contributed by atoms with Gasteiger partial charge in [-0.05, 0) is 6.92 Å². The van der Waals surface area contributed by atoms with Crippen LogP contribution in [0.2, 0.25) is 0 Å². The number of rotatable bonds is 6. The first-order valence-corrected chi connectivity index (χ1v) is 9.70. The van der Waals surface area contributed by atoms with Crippen LogP contribution in [0.3, 0.4) is 0 Å². The summed E-state index contributed by atoms with van der Waals surface area (Å²) in [5.41, 5.74) is 5.55. The summed E-state index contributed by atoms with van der Waals surface area (Å²) in [7, 11) is 1.26. The van der Waals surface area contributed by atoms with Gasteiger partial charge in [0, 0.05) is 24.6 Å². The van der Waals surface area contributed by atoms with Gasteiger partial charge in [-0.15, -0.1) is 11.6 Å². The van der Waals surface area contributed by atoms with E-state index in [4.69, 9.17) is 31.5 Å². The summed E-state index contributed by atoms with van der Waals surface area (Å²) in [5, 5.41) is 2.66. The summed E-state index contributed by atoms with van der Waals surface area (Å²) in [6.45, 7) is 2.30. The van der Waals surface area contributed by atoms with E-state index in [9.17, 15) is 24.0 Å². The van der Waals surface area contributed by atoms with Crippen LogP contribution in [0.1, 0.15) is 52.1 Å². The first-order valence-electron chi connectivity index (χ1n) is 9.16. The highest BCUT2D eigenvalue weighted by Crippen LogP contribution is 2.42. The predicted octanol–water partition coefficient (Wildman–Crippen LogP) is 0.724. The van der Waals surface area contributed by atoms with Crippen LogP contribution in [0.4, 0.5) is 4.79 Å². The van der Waals surface area contributed by atoms with Gasteiger partial charge in [-0.2, -0.15) is 0 Å². The average molecular weight is 454 g/mol. The summed E-state index contributed by atoms with van der Waals surface area (Å²) >= 11 is 5.57. The number of hydrogen-bond donors (Lipinski definition) is 2. The van der Waals surface area contributed by atoms with Crippen molar-refractivity contribution in [1.29, 1.82) is 0 Å². The molecule has 3 N–H and O–H groups in total. The second-order valence-corrected chi connectivity index (χ2v) is 7.24. The molecule has 166 valence electrons. The number of primary amides is 1. The van der Waals surface area contributed by atoms with Crippen LogP contribution in [0.15, 0.2) is 11.3 Å². The fourth-order valence-corrected chi connectivity index (χ4v) is 4.02. The van der Waals surface area contributed by atoms with E-state index >= 15 is 0 Å². The molecule has 2 aliphatic rings. The molecule has 11 nitrogen and oxygen atoms in total. The van der Waals surface area contributed by atoms with Crippen molar-refractivity contribution in [3.05, 3.63) is 33.8 Å². The molecule has 0 aromatic carbocycles. The largest absolute Gasteiger partial charge is 0.492 e. The van der Waals surface area contributed by atoms with Gasteiger partial charge in [0.1, 0.15) is 18.2 Å². The van der Waals surface area contributed by atoms with Crippen LogP contribution in [0.5, 0.6) is 0 Å². The van der Waals surface area contributed by atoms with Gasteiger partial charge in [0.25, 0.3) is 0 Å². The second-order valence-electron chi connectivity index (χ2n) is 6.97. The maximum absolute atomic E-state index is 13.1. The second kappa shape index (κ2) is 8.42. The number of ether oxygens (including phenoxy) is 3. The van der Waals surface area contributed by atoms with E-state index in [1.165, 1.54) is 25.5 Å². The number of carbonyl (C=O) groups is 5. The van der Waals surface area contributed by atoms with Crippen molar-refractivity contribution in [1.82, 2.24) is 9.88 Å². The zero-order valence-corrected chi connectivity index (χ0v) is 17.7. The van der Waals surface area contributed by atoms with E-state index in [0.29, 0.717) is 0 Å². The van der Waals surface area contributed by atoms with Crippen LogP contribution in [-0.4, -0.2) is 53.1 Å². The topological polar surface area (TPSA) is 156 Å². The lowest BCUT2D eigenvalue weighted by Crippen LogP contribution is -2.39. The lowest BCUT2D eigenvalue weighted by atomic mass is 9.90. The number of ketones is 2. The monoisotopic (exact) mass is 453 g/mol. The highest BCUT2D eigenvalue weighted by molar-refractivity contribution is 6.27. The molecule has 0 spiro atoms. The molecule has 0 saturated heterocycles. The Labute approximate surface area is 181 Å². The van der Waals surface area contributed by atoms with Gasteiger partial charge in [-0.3, -0.25) is 19.2 Å². The zero-order valence-electron chi connectivity index (χ0n) is 16.9. The number of esters is 1. The fraction of sp³-hybridized carbons (Fsp3) is 0.421. The van der Waals surface area contributed by atoms with Gasteiger partial charge in [0.15, 0.2) is 11.9 Å². The summed E-state index contributed by atoms with van der Waals surface area (Å²) in [6, 6.07) is -0.742. The molecule has 3 rings (SSSR count). The molecule has 0 fully saturated rings. The lowest BCUT2D eigenvalue weighted by molar-refractivity contribution is -0.148. The number of Topliss-reactive ketones (excluding diaryl/α,β-unsaturated/α-hetero) is 2. The summed E-state index contributed by atoms with van der Waals surface area (Å²) in [5.74, 6) is -2.84. The molecule has 1 aliphatic heterocycles. The molecule has 1 aromatic heterocycles. The number of amides is 2. The van der Waals surface area contributed by atoms with E-state index in [1.807, 2.05) is 0 Å². The standard InChI is InChI=1S/C19H20ClN3O8/c1-7-15(26)14-12(16(27)17(7)29-3)9(6-30-19(21)28)13-18(31-11(25)4-20)10(5-23(13)14)22-8(2)24/h10,18H,4-6H2,1-3H3,(H2,21,28)(H,22,24). The third kappa shape index (κ3) is 3.76. The Balaban J connectivity index is 2.23. The molecule has 31 heavy (non-hydrogen) atoms. The number of halogens is 1. The molecule has 2 heterocycles. The Morgan fingerprint density at radius 3 is 2.48 bits per heavy atom. The molecule has 2 atom stereocenters. The third-order valence-electron chi connectivity index (χ3n) is 5.07. The number of nitrogens with zero attached hydrogens (tertiary/aromatic N) is 1. The van der Waals surface area contributed by atoms with Crippen molar-refractivity contribution in [2.24, 2.45) is 5.73 Å². The Morgan fingerprint density at radius 1 is 1.26 bits per heavy atom. The molecular formula is C19H20ClN3O8. The van der Waals surface area contributed by atoms with Gasteiger partial charge in [-0.25, -0.2) is 4.79 Å². The number of nitrogens with two attached hydrogens (primary N) is 1. The van der Waals surface area contributed by atoms with Crippen LogP contribution >= 0.6 is 11.6 Å². The third-order valence-corrected chi connectivity index (χ3v) is 5.29. The summed E-state index contributed by atoms with van der Waals surface area (Å²) in [6.07, 6.45) is -2.19. The van der Waals surface area contributed by atoms with Crippen LogP contribution < -0.4 is 11.1 Å². The van der Waals surface area contributed by atoms with Crippen molar-refractivity contribution >= 4 is 41.1 Å². The number of hydrogen-bond acceptors (Lipinski definition) is 8. The highest BCUT2D eigenvalue weighted by atomic mass is 35.5. The van der Waals surface area contributed by atoms with Crippen molar-refractivity contribution in [3.8, 4) is 0 Å².